The third-order valence-corrected chi connectivity index (χ3v) is 2.66. The average molecular weight is 268 g/mol. The summed E-state index contributed by atoms with van der Waals surface area (Å²) in [6.45, 7) is 2.29. The SMILES string of the molecule is CCCC[C@H](NC(=O)NCc1cnn(C)c1)C(=O)O. The maximum atomic E-state index is 11.6. The number of hydrogen-bond donors (Lipinski definition) is 3. The van der Waals surface area contributed by atoms with Gasteiger partial charge in [0.1, 0.15) is 6.04 Å². The summed E-state index contributed by atoms with van der Waals surface area (Å²) in [6.07, 6.45) is 5.52. The van der Waals surface area contributed by atoms with Gasteiger partial charge in [-0.1, -0.05) is 19.8 Å². The summed E-state index contributed by atoms with van der Waals surface area (Å²) in [5.74, 6) is -1.01. The normalized spacial score (nSPS) is 11.9. The molecule has 0 saturated carbocycles. The largest absolute Gasteiger partial charge is 0.480 e. The molecular weight excluding hydrogens is 248 g/mol. The lowest BCUT2D eigenvalue weighted by atomic mass is 10.1. The van der Waals surface area contributed by atoms with Crippen molar-refractivity contribution < 1.29 is 14.7 Å². The molecule has 1 atom stereocenters. The number of aliphatic carboxylic acids is 1. The quantitative estimate of drug-likeness (QED) is 0.683. The summed E-state index contributed by atoms with van der Waals surface area (Å²) in [4.78, 5) is 22.6. The van der Waals surface area contributed by atoms with Gasteiger partial charge in [-0.25, -0.2) is 9.59 Å². The molecule has 7 nitrogen and oxygen atoms in total. The number of aryl methyl sites for hydroxylation is 1. The lowest BCUT2D eigenvalue weighted by Gasteiger charge is -2.14. The molecule has 0 spiro atoms. The third-order valence-electron chi connectivity index (χ3n) is 2.66. The van der Waals surface area contributed by atoms with Crippen molar-refractivity contribution in [1.29, 1.82) is 0 Å². The minimum Gasteiger partial charge on any atom is -0.480 e. The van der Waals surface area contributed by atoms with Crippen LogP contribution < -0.4 is 10.6 Å². The van der Waals surface area contributed by atoms with Gasteiger partial charge in [0, 0.05) is 25.4 Å². The number of urea groups is 1. The molecule has 1 heterocycles. The summed E-state index contributed by atoms with van der Waals surface area (Å²) >= 11 is 0. The van der Waals surface area contributed by atoms with Gasteiger partial charge in [-0.05, 0) is 6.42 Å². The molecule has 3 N–H and O–H groups in total. The van der Waals surface area contributed by atoms with Crippen LogP contribution in [0.1, 0.15) is 31.7 Å². The Morgan fingerprint density at radius 3 is 2.79 bits per heavy atom. The zero-order valence-corrected chi connectivity index (χ0v) is 11.2. The van der Waals surface area contributed by atoms with E-state index < -0.39 is 18.0 Å². The lowest BCUT2D eigenvalue weighted by Crippen LogP contribution is -2.45. The van der Waals surface area contributed by atoms with E-state index in [0.29, 0.717) is 13.0 Å². The highest BCUT2D eigenvalue weighted by Gasteiger charge is 2.18. The molecule has 0 fully saturated rings. The van der Waals surface area contributed by atoms with E-state index >= 15 is 0 Å². The zero-order chi connectivity index (χ0) is 14.3. The highest BCUT2D eigenvalue weighted by molar-refractivity contribution is 5.82. The van der Waals surface area contributed by atoms with Gasteiger partial charge < -0.3 is 15.7 Å². The Labute approximate surface area is 112 Å². The van der Waals surface area contributed by atoms with E-state index in [1.165, 1.54) is 0 Å². The fourth-order valence-electron chi connectivity index (χ4n) is 1.62. The number of unbranched alkanes of at least 4 members (excludes halogenated alkanes) is 1. The van der Waals surface area contributed by atoms with Crippen molar-refractivity contribution in [2.24, 2.45) is 7.05 Å². The fraction of sp³-hybridized carbons (Fsp3) is 0.583. The second kappa shape index (κ2) is 7.40. The van der Waals surface area contributed by atoms with Crippen LogP contribution in [-0.2, 0) is 18.4 Å². The van der Waals surface area contributed by atoms with E-state index in [0.717, 1.165) is 18.4 Å². The van der Waals surface area contributed by atoms with Crippen LogP contribution in [0.3, 0.4) is 0 Å². The predicted octanol–water partition coefficient (Wildman–Crippen LogP) is 0.863. The fourth-order valence-corrected chi connectivity index (χ4v) is 1.62. The molecule has 2 amide bonds. The van der Waals surface area contributed by atoms with Crippen LogP contribution in [0.2, 0.25) is 0 Å². The molecule has 1 rings (SSSR count). The van der Waals surface area contributed by atoms with Gasteiger partial charge in [-0.3, -0.25) is 4.68 Å². The molecule has 0 unspecified atom stereocenters. The summed E-state index contributed by atoms with van der Waals surface area (Å²) in [7, 11) is 1.79. The lowest BCUT2D eigenvalue weighted by molar-refractivity contribution is -0.139. The Bertz CT molecular complexity index is 430. The molecule has 1 aromatic rings. The van der Waals surface area contributed by atoms with Gasteiger partial charge in [0.05, 0.1) is 6.20 Å². The molecule has 0 aliphatic heterocycles. The van der Waals surface area contributed by atoms with Crippen molar-refractivity contribution in [2.75, 3.05) is 0 Å². The van der Waals surface area contributed by atoms with E-state index in [-0.39, 0.29) is 0 Å². The van der Waals surface area contributed by atoms with Crippen LogP contribution in [-0.4, -0.2) is 32.9 Å². The van der Waals surface area contributed by atoms with Crippen molar-refractivity contribution in [1.82, 2.24) is 20.4 Å². The topological polar surface area (TPSA) is 96.3 Å². The van der Waals surface area contributed by atoms with Crippen molar-refractivity contribution in [3.05, 3.63) is 18.0 Å². The van der Waals surface area contributed by atoms with E-state index in [4.69, 9.17) is 5.11 Å². The van der Waals surface area contributed by atoms with Gasteiger partial charge in [0.25, 0.3) is 0 Å². The van der Waals surface area contributed by atoms with Crippen molar-refractivity contribution in [3.63, 3.8) is 0 Å². The number of nitrogens with zero attached hydrogens (tertiary/aromatic N) is 2. The molecule has 1 aromatic heterocycles. The number of carbonyl (C=O) groups is 2. The highest BCUT2D eigenvalue weighted by Crippen LogP contribution is 2.01. The molecule has 0 aliphatic rings. The van der Waals surface area contributed by atoms with Crippen LogP contribution in [0.15, 0.2) is 12.4 Å². The smallest absolute Gasteiger partial charge is 0.326 e. The number of rotatable bonds is 7. The first-order valence-electron chi connectivity index (χ1n) is 6.27. The first-order chi connectivity index (χ1) is 9.02. The molecule has 0 radical (unpaired) electrons. The number of hydrogen-bond acceptors (Lipinski definition) is 3. The zero-order valence-electron chi connectivity index (χ0n) is 11.2. The first kappa shape index (κ1) is 15.0. The summed E-state index contributed by atoms with van der Waals surface area (Å²) in [5.41, 5.74) is 0.859. The molecule has 0 saturated heterocycles. The second-order valence-electron chi connectivity index (χ2n) is 4.38. The Kier molecular flexibility index (Phi) is 5.84. The van der Waals surface area contributed by atoms with Gasteiger partial charge in [0.15, 0.2) is 0 Å². The maximum Gasteiger partial charge on any atom is 0.326 e. The molecule has 7 heteroatoms. The molecular formula is C12H20N4O3. The van der Waals surface area contributed by atoms with E-state index in [2.05, 4.69) is 15.7 Å². The number of aromatic nitrogens is 2. The number of carboxylic acids is 1. The minimum atomic E-state index is -1.01. The number of nitrogens with one attached hydrogen (secondary N) is 2. The van der Waals surface area contributed by atoms with Crippen molar-refractivity contribution in [3.8, 4) is 0 Å². The minimum absolute atomic E-state index is 0.319. The standard InChI is InChI=1S/C12H20N4O3/c1-3-4-5-10(11(17)18)15-12(19)13-6-9-7-14-16(2)8-9/h7-8,10H,3-6H2,1-2H3,(H,17,18)(H2,13,15,19)/t10-/m0/s1. The van der Waals surface area contributed by atoms with E-state index in [1.807, 2.05) is 6.92 Å². The van der Waals surface area contributed by atoms with Crippen molar-refractivity contribution in [2.45, 2.75) is 38.8 Å². The van der Waals surface area contributed by atoms with Crippen molar-refractivity contribution >= 4 is 12.0 Å². The van der Waals surface area contributed by atoms with Crippen LogP contribution in [0.25, 0.3) is 0 Å². The number of carbonyl (C=O) groups excluding carboxylic acids is 1. The molecule has 106 valence electrons. The number of carboxylic acid groups (broad SMARTS) is 1. The third kappa shape index (κ3) is 5.41. The van der Waals surface area contributed by atoms with Gasteiger partial charge in [-0.2, -0.15) is 5.10 Å². The van der Waals surface area contributed by atoms with E-state index in [9.17, 15) is 9.59 Å². The van der Waals surface area contributed by atoms with Gasteiger partial charge in [-0.15, -0.1) is 0 Å². The molecule has 0 bridgehead atoms. The second-order valence-corrected chi connectivity index (χ2v) is 4.38. The van der Waals surface area contributed by atoms with Crippen LogP contribution in [0.5, 0.6) is 0 Å². The summed E-state index contributed by atoms with van der Waals surface area (Å²) < 4.78 is 1.64. The molecule has 0 aromatic carbocycles. The maximum absolute atomic E-state index is 11.6. The average Bonchev–Trinajstić information content (AvgIpc) is 2.77. The predicted molar refractivity (Wildman–Crippen MR) is 69.5 cm³/mol. The number of amides is 2. The summed E-state index contributed by atoms with van der Waals surface area (Å²) in [6, 6.07) is -1.32. The van der Waals surface area contributed by atoms with Crippen LogP contribution >= 0.6 is 0 Å². The molecule has 19 heavy (non-hydrogen) atoms. The van der Waals surface area contributed by atoms with Crippen LogP contribution in [0, 0.1) is 0 Å². The first-order valence-corrected chi connectivity index (χ1v) is 6.27. The Balaban J connectivity index is 2.37. The Morgan fingerprint density at radius 1 is 1.53 bits per heavy atom. The monoisotopic (exact) mass is 268 g/mol. The molecule has 0 aliphatic carbocycles. The van der Waals surface area contributed by atoms with Gasteiger partial charge >= 0.3 is 12.0 Å². The highest BCUT2D eigenvalue weighted by atomic mass is 16.4. The van der Waals surface area contributed by atoms with E-state index in [1.54, 1.807) is 24.1 Å². The Hall–Kier alpha value is -2.05. The summed E-state index contributed by atoms with van der Waals surface area (Å²) in [5, 5.41) is 18.0. The van der Waals surface area contributed by atoms with Gasteiger partial charge in [0.2, 0.25) is 0 Å². The van der Waals surface area contributed by atoms with Crippen LogP contribution in [0.4, 0.5) is 4.79 Å². The Morgan fingerprint density at radius 2 is 2.26 bits per heavy atom.